The van der Waals surface area contributed by atoms with Gasteiger partial charge < -0.3 is 14.8 Å². The third kappa shape index (κ3) is 5.65. The van der Waals surface area contributed by atoms with Crippen molar-refractivity contribution < 1.29 is 0 Å². The normalized spacial score (nSPS) is 16.2. The smallest absolute Gasteiger partial charge is 0.194 e. The Bertz CT molecular complexity index is 743. The third-order valence-electron chi connectivity index (χ3n) is 4.66. The minimum Gasteiger partial charge on any atom is -0.357 e. The maximum Gasteiger partial charge on any atom is 0.194 e. The molecule has 0 amide bonds. The van der Waals surface area contributed by atoms with E-state index in [1.54, 1.807) is 6.33 Å². The zero-order valence-corrected chi connectivity index (χ0v) is 16.3. The monoisotopic (exact) mass is 367 g/mol. The van der Waals surface area contributed by atoms with Gasteiger partial charge in [0.05, 0.1) is 0 Å². The summed E-state index contributed by atoms with van der Waals surface area (Å²) in [5, 5.41) is 11.4. The maximum absolute atomic E-state index is 4.74. The van der Waals surface area contributed by atoms with Gasteiger partial charge in [0.1, 0.15) is 12.9 Å². The molecule has 1 aliphatic heterocycles. The fraction of sp³-hybridized carbons (Fsp3) is 0.450. The van der Waals surface area contributed by atoms with E-state index >= 15 is 0 Å². The largest absolute Gasteiger partial charge is 0.357 e. The van der Waals surface area contributed by atoms with Gasteiger partial charge in [0, 0.05) is 46.3 Å². The molecule has 0 unspecified atom stereocenters. The second-order valence-corrected chi connectivity index (χ2v) is 6.63. The van der Waals surface area contributed by atoms with Crippen LogP contribution < -0.4 is 5.32 Å². The van der Waals surface area contributed by atoms with Crippen molar-refractivity contribution in [1.29, 1.82) is 0 Å². The molecular formula is C20H29N7. The van der Waals surface area contributed by atoms with Gasteiger partial charge in [0.15, 0.2) is 11.8 Å². The molecular weight excluding hydrogens is 338 g/mol. The van der Waals surface area contributed by atoms with Crippen molar-refractivity contribution in [1.82, 2.24) is 29.9 Å². The van der Waals surface area contributed by atoms with Crippen LogP contribution in [0.25, 0.3) is 6.08 Å². The minimum absolute atomic E-state index is 0.541. The van der Waals surface area contributed by atoms with Gasteiger partial charge in [0.25, 0.3) is 0 Å². The topological polar surface area (TPSA) is 61.6 Å². The molecule has 0 spiro atoms. The lowest BCUT2D eigenvalue weighted by molar-refractivity contribution is 0.194. The second-order valence-electron chi connectivity index (χ2n) is 6.63. The summed E-state index contributed by atoms with van der Waals surface area (Å²) in [6, 6.07) is 10.4. The summed E-state index contributed by atoms with van der Waals surface area (Å²) in [5.41, 5.74) is 1.25. The lowest BCUT2D eigenvalue weighted by atomic mass is 10.2. The summed E-state index contributed by atoms with van der Waals surface area (Å²) >= 11 is 0. The van der Waals surface area contributed by atoms with E-state index in [0.29, 0.717) is 6.54 Å². The molecule has 0 radical (unpaired) electrons. The van der Waals surface area contributed by atoms with Crippen LogP contribution in [0.15, 0.2) is 47.7 Å². The summed E-state index contributed by atoms with van der Waals surface area (Å²) in [4.78, 5) is 9.55. The number of nitrogens with zero attached hydrogens (tertiary/aromatic N) is 6. The average molecular weight is 368 g/mol. The van der Waals surface area contributed by atoms with E-state index < -0.39 is 0 Å². The van der Waals surface area contributed by atoms with E-state index in [2.05, 4.69) is 68.7 Å². The van der Waals surface area contributed by atoms with Gasteiger partial charge in [-0.15, -0.1) is 10.2 Å². The van der Waals surface area contributed by atoms with Crippen LogP contribution >= 0.6 is 0 Å². The molecule has 1 fully saturated rings. The Labute approximate surface area is 161 Å². The minimum atomic E-state index is 0.541. The van der Waals surface area contributed by atoms with E-state index in [-0.39, 0.29) is 0 Å². The Morgan fingerprint density at radius 1 is 1.19 bits per heavy atom. The molecule has 1 aliphatic rings. The third-order valence-corrected chi connectivity index (χ3v) is 4.66. The molecule has 27 heavy (non-hydrogen) atoms. The molecule has 7 heteroatoms. The zero-order valence-electron chi connectivity index (χ0n) is 16.3. The van der Waals surface area contributed by atoms with Crippen molar-refractivity contribution >= 4 is 12.0 Å². The molecule has 0 bridgehead atoms. The van der Waals surface area contributed by atoms with E-state index in [4.69, 9.17) is 4.99 Å². The van der Waals surface area contributed by atoms with Gasteiger partial charge in [0.2, 0.25) is 0 Å². The van der Waals surface area contributed by atoms with Crippen LogP contribution in [0, 0.1) is 0 Å². The molecule has 0 aliphatic carbocycles. The molecule has 1 aromatic heterocycles. The molecule has 2 heterocycles. The number of piperazine rings is 1. The van der Waals surface area contributed by atoms with Crippen LogP contribution in [-0.4, -0.2) is 69.8 Å². The van der Waals surface area contributed by atoms with Gasteiger partial charge in [-0.05, 0) is 12.5 Å². The molecule has 7 nitrogen and oxygen atoms in total. The molecule has 2 aromatic rings. The highest BCUT2D eigenvalue weighted by Gasteiger charge is 2.18. The average Bonchev–Trinajstić information content (AvgIpc) is 3.11. The van der Waals surface area contributed by atoms with Crippen molar-refractivity contribution in [3.63, 3.8) is 0 Å². The van der Waals surface area contributed by atoms with Gasteiger partial charge >= 0.3 is 0 Å². The number of guanidine groups is 1. The summed E-state index contributed by atoms with van der Waals surface area (Å²) in [7, 11) is 1.94. The molecule has 1 aromatic carbocycles. The van der Waals surface area contributed by atoms with Crippen LogP contribution in [0.5, 0.6) is 0 Å². The highest BCUT2D eigenvalue weighted by molar-refractivity contribution is 5.80. The first-order valence-electron chi connectivity index (χ1n) is 9.56. The van der Waals surface area contributed by atoms with Crippen molar-refractivity contribution in [2.24, 2.45) is 12.0 Å². The number of aliphatic imine (C=N–C) groups is 1. The number of hydrogen-bond acceptors (Lipinski definition) is 4. The van der Waals surface area contributed by atoms with Crippen LogP contribution in [0.3, 0.4) is 0 Å². The summed E-state index contributed by atoms with van der Waals surface area (Å²) in [6.45, 7) is 8.50. The number of hydrogen-bond donors (Lipinski definition) is 1. The standard InChI is InChI=1S/C20H29N7/c1-3-21-20(22-16-19-24-23-17-25(19)2)27-14-12-26(13-15-27)11-7-10-18-8-5-4-6-9-18/h4-10,17H,3,11-16H2,1-2H3,(H,21,22). The highest BCUT2D eigenvalue weighted by Crippen LogP contribution is 2.06. The van der Waals surface area contributed by atoms with E-state index in [1.807, 2.05) is 17.7 Å². The number of nitrogens with one attached hydrogen (secondary N) is 1. The van der Waals surface area contributed by atoms with Crippen LogP contribution in [0.1, 0.15) is 18.3 Å². The predicted molar refractivity (Wildman–Crippen MR) is 109 cm³/mol. The van der Waals surface area contributed by atoms with Crippen LogP contribution in [0.4, 0.5) is 0 Å². The van der Waals surface area contributed by atoms with Gasteiger partial charge in [-0.25, -0.2) is 4.99 Å². The first-order chi connectivity index (χ1) is 13.3. The zero-order chi connectivity index (χ0) is 18.9. The fourth-order valence-corrected chi connectivity index (χ4v) is 3.07. The predicted octanol–water partition coefficient (Wildman–Crippen LogP) is 1.61. The Morgan fingerprint density at radius 2 is 1.96 bits per heavy atom. The Kier molecular flexibility index (Phi) is 6.98. The molecule has 1 N–H and O–H groups in total. The lowest BCUT2D eigenvalue weighted by Crippen LogP contribution is -2.52. The molecule has 0 saturated carbocycles. The Morgan fingerprint density at radius 3 is 2.63 bits per heavy atom. The number of aryl methyl sites for hydroxylation is 1. The van der Waals surface area contributed by atoms with E-state index in [9.17, 15) is 0 Å². The van der Waals surface area contributed by atoms with Crippen molar-refractivity contribution in [2.45, 2.75) is 13.5 Å². The first-order valence-corrected chi connectivity index (χ1v) is 9.56. The maximum atomic E-state index is 4.74. The van der Waals surface area contributed by atoms with Gasteiger partial charge in [-0.3, -0.25) is 4.90 Å². The molecule has 3 rings (SSSR count). The fourth-order valence-electron chi connectivity index (χ4n) is 3.07. The lowest BCUT2D eigenvalue weighted by Gasteiger charge is -2.36. The van der Waals surface area contributed by atoms with Gasteiger partial charge in [-0.2, -0.15) is 0 Å². The van der Waals surface area contributed by atoms with E-state index in [1.165, 1.54) is 5.56 Å². The number of benzene rings is 1. The summed E-state index contributed by atoms with van der Waals surface area (Å²) < 4.78 is 1.91. The van der Waals surface area contributed by atoms with Crippen LogP contribution in [0.2, 0.25) is 0 Å². The van der Waals surface area contributed by atoms with E-state index in [0.717, 1.165) is 51.1 Å². The van der Waals surface area contributed by atoms with Crippen molar-refractivity contribution in [2.75, 3.05) is 39.3 Å². The molecule has 144 valence electrons. The number of rotatable bonds is 6. The SMILES string of the molecule is CCNC(=NCc1nncn1C)N1CCN(CC=Cc2ccccc2)CC1. The van der Waals surface area contributed by atoms with Crippen molar-refractivity contribution in [3.05, 3.63) is 54.1 Å². The first kappa shape index (κ1) is 19.1. The summed E-state index contributed by atoms with van der Waals surface area (Å²) in [6.07, 6.45) is 6.15. The van der Waals surface area contributed by atoms with Crippen LogP contribution in [-0.2, 0) is 13.6 Å². The molecule has 1 saturated heterocycles. The Hall–Kier alpha value is -2.67. The quantitative estimate of drug-likeness (QED) is 0.621. The van der Waals surface area contributed by atoms with Gasteiger partial charge in [-0.1, -0.05) is 42.5 Å². The summed E-state index contributed by atoms with van der Waals surface area (Å²) in [5.74, 6) is 1.83. The highest BCUT2D eigenvalue weighted by atomic mass is 15.3. The van der Waals surface area contributed by atoms with Crippen molar-refractivity contribution in [3.8, 4) is 0 Å². The number of aromatic nitrogens is 3. The molecule has 0 atom stereocenters. The Balaban J connectivity index is 1.50. The second kappa shape index (κ2) is 9.87.